The maximum Gasteiger partial charge on any atom is 0.411 e. The lowest BCUT2D eigenvalue weighted by Gasteiger charge is -2.11. The highest BCUT2D eigenvalue weighted by atomic mass is 35.5. The van der Waals surface area contributed by atoms with Gasteiger partial charge >= 0.3 is 6.09 Å². The number of nitrogens with two attached hydrogens (primary N) is 1. The highest BCUT2D eigenvalue weighted by Crippen LogP contribution is 2.23. The maximum absolute atomic E-state index is 11.4. The summed E-state index contributed by atoms with van der Waals surface area (Å²) < 4.78 is 4.91. The van der Waals surface area contributed by atoms with Crippen LogP contribution in [0.3, 0.4) is 0 Å². The van der Waals surface area contributed by atoms with Crippen molar-refractivity contribution in [3.8, 4) is 0 Å². The van der Waals surface area contributed by atoms with Crippen LogP contribution in [0.1, 0.15) is 19.4 Å². The molecular formula is C11H14ClN3O3. The van der Waals surface area contributed by atoms with Crippen molar-refractivity contribution in [3.63, 3.8) is 0 Å². The maximum atomic E-state index is 11.4. The first-order valence-corrected chi connectivity index (χ1v) is 5.57. The van der Waals surface area contributed by atoms with Crippen LogP contribution in [0, 0.1) is 0 Å². The summed E-state index contributed by atoms with van der Waals surface area (Å²) in [5.41, 5.74) is 6.24. The van der Waals surface area contributed by atoms with E-state index in [1.807, 2.05) is 0 Å². The van der Waals surface area contributed by atoms with Crippen LogP contribution in [0.15, 0.2) is 23.4 Å². The molecule has 0 aliphatic heterocycles. The van der Waals surface area contributed by atoms with E-state index in [4.69, 9.17) is 27.3 Å². The molecular weight excluding hydrogens is 258 g/mol. The molecule has 1 amide bonds. The molecule has 0 saturated heterocycles. The van der Waals surface area contributed by atoms with E-state index in [1.54, 1.807) is 19.9 Å². The quantitative estimate of drug-likeness (QED) is 0.340. The monoisotopic (exact) mass is 271 g/mol. The fourth-order valence-electron chi connectivity index (χ4n) is 1.19. The van der Waals surface area contributed by atoms with Crippen molar-refractivity contribution in [2.45, 2.75) is 20.0 Å². The van der Waals surface area contributed by atoms with Gasteiger partial charge in [0.05, 0.1) is 16.8 Å². The molecule has 0 bridgehead atoms. The first-order chi connectivity index (χ1) is 8.43. The molecule has 0 unspecified atom stereocenters. The van der Waals surface area contributed by atoms with Gasteiger partial charge in [0.1, 0.15) is 0 Å². The van der Waals surface area contributed by atoms with Crippen LogP contribution in [0.25, 0.3) is 0 Å². The fraction of sp³-hybridized carbons (Fsp3) is 0.273. The number of anilines is 1. The molecule has 0 aliphatic carbocycles. The fourth-order valence-corrected chi connectivity index (χ4v) is 1.41. The second-order valence-corrected chi connectivity index (χ2v) is 4.17. The standard InChI is InChI=1S/C11H14ClN3O3/c1-6(2)18-11(16)14-9-4-3-7(5-8(9)12)10(13)15-17/h3-6,17H,1-2H3,(H2,13,15)(H,14,16). The van der Waals surface area contributed by atoms with E-state index in [-0.39, 0.29) is 17.0 Å². The van der Waals surface area contributed by atoms with Gasteiger partial charge in [-0.1, -0.05) is 16.8 Å². The van der Waals surface area contributed by atoms with Crippen LogP contribution in [-0.2, 0) is 4.74 Å². The predicted molar refractivity (Wildman–Crippen MR) is 69.2 cm³/mol. The van der Waals surface area contributed by atoms with Gasteiger partial charge in [-0.15, -0.1) is 0 Å². The van der Waals surface area contributed by atoms with Crippen molar-refractivity contribution in [2.75, 3.05) is 5.32 Å². The van der Waals surface area contributed by atoms with Crippen molar-refractivity contribution < 1.29 is 14.7 Å². The Morgan fingerprint density at radius 2 is 2.22 bits per heavy atom. The van der Waals surface area contributed by atoms with Gasteiger partial charge in [0.25, 0.3) is 0 Å². The van der Waals surface area contributed by atoms with Crippen LogP contribution >= 0.6 is 11.6 Å². The third-order valence-corrected chi connectivity index (χ3v) is 2.26. The van der Waals surface area contributed by atoms with E-state index < -0.39 is 6.09 Å². The minimum atomic E-state index is -0.594. The number of nitrogens with one attached hydrogen (secondary N) is 1. The van der Waals surface area contributed by atoms with Crippen LogP contribution < -0.4 is 11.1 Å². The number of halogens is 1. The molecule has 1 rings (SSSR count). The molecule has 0 fully saturated rings. The van der Waals surface area contributed by atoms with Crippen LogP contribution in [-0.4, -0.2) is 23.2 Å². The van der Waals surface area contributed by atoms with Gasteiger partial charge in [-0.25, -0.2) is 4.79 Å². The van der Waals surface area contributed by atoms with Crippen molar-refractivity contribution >= 4 is 29.2 Å². The zero-order valence-electron chi connectivity index (χ0n) is 9.98. The predicted octanol–water partition coefficient (Wildman–Crippen LogP) is 2.39. The Labute approximate surface area is 109 Å². The Bertz CT molecular complexity index is 475. The molecule has 0 spiro atoms. The van der Waals surface area contributed by atoms with Gasteiger partial charge in [-0.3, -0.25) is 5.32 Å². The minimum Gasteiger partial charge on any atom is -0.447 e. The molecule has 0 radical (unpaired) electrons. The SMILES string of the molecule is CC(C)OC(=O)Nc1ccc(/C(N)=N/O)cc1Cl. The lowest BCUT2D eigenvalue weighted by Crippen LogP contribution is -2.18. The van der Waals surface area contributed by atoms with Gasteiger partial charge in [0, 0.05) is 5.56 Å². The Morgan fingerprint density at radius 1 is 1.56 bits per heavy atom. The first-order valence-electron chi connectivity index (χ1n) is 5.19. The number of ether oxygens (including phenoxy) is 1. The topological polar surface area (TPSA) is 96.9 Å². The molecule has 0 heterocycles. The number of amidine groups is 1. The van der Waals surface area contributed by atoms with E-state index in [0.717, 1.165) is 0 Å². The smallest absolute Gasteiger partial charge is 0.411 e. The van der Waals surface area contributed by atoms with Gasteiger partial charge in [-0.05, 0) is 32.0 Å². The van der Waals surface area contributed by atoms with E-state index in [0.29, 0.717) is 11.3 Å². The summed E-state index contributed by atoms with van der Waals surface area (Å²) in [6.45, 7) is 3.48. The molecule has 1 aromatic carbocycles. The second kappa shape index (κ2) is 6.11. The summed E-state index contributed by atoms with van der Waals surface area (Å²) in [7, 11) is 0. The average molecular weight is 272 g/mol. The average Bonchev–Trinajstić information content (AvgIpc) is 2.29. The molecule has 0 aromatic heterocycles. The summed E-state index contributed by atoms with van der Waals surface area (Å²) in [6, 6.07) is 4.57. The molecule has 0 saturated carbocycles. The lowest BCUT2D eigenvalue weighted by molar-refractivity contribution is 0.130. The van der Waals surface area contributed by atoms with Crippen LogP contribution in [0.4, 0.5) is 10.5 Å². The number of nitrogens with zero attached hydrogens (tertiary/aromatic N) is 1. The first kappa shape index (κ1) is 14.1. The number of benzene rings is 1. The zero-order chi connectivity index (χ0) is 13.7. The van der Waals surface area contributed by atoms with Crippen LogP contribution in [0.2, 0.25) is 5.02 Å². The number of hydrogen-bond donors (Lipinski definition) is 3. The van der Waals surface area contributed by atoms with Gasteiger partial charge in [0.2, 0.25) is 0 Å². The number of carbonyl (C=O) groups is 1. The summed E-state index contributed by atoms with van der Waals surface area (Å²) in [5.74, 6) is -0.0618. The number of oxime groups is 1. The molecule has 0 aliphatic rings. The zero-order valence-corrected chi connectivity index (χ0v) is 10.7. The largest absolute Gasteiger partial charge is 0.447 e. The van der Waals surface area contributed by atoms with Gasteiger partial charge < -0.3 is 15.7 Å². The minimum absolute atomic E-state index is 0.0618. The summed E-state index contributed by atoms with van der Waals surface area (Å²) in [4.78, 5) is 11.4. The molecule has 6 nitrogen and oxygen atoms in total. The van der Waals surface area contributed by atoms with Gasteiger partial charge in [0.15, 0.2) is 5.84 Å². The Balaban J connectivity index is 2.83. The summed E-state index contributed by atoms with van der Waals surface area (Å²) in [5, 5.41) is 14.1. The Morgan fingerprint density at radius 3 is 2.72 bits per heavy atom. The number of rotatable bonds is 3. The second-order valence-electron chi connectivity index (χ2n) is 3.76. The number of carbonyl (C=O) groups excluding carboxylic acids is 1. The summed E-state index contributed by atoms with van der Waals surface area (Å²) in [6.07, 6.45) is -0.816. The molecule has 1 aromatic rings. The third-order valence-electron chi connectivity index (χ3n) is 1.95. The van der Waals surface area contributed by atoms with E-state index >= 15 is 0 Å². The van der Waals surface area contributed by atoms with E-state index in [9.17, 15) is 4.79 Å². The molecule has 7 heteroatoms. The van der Waals surface area contributed by atoms with Crippen molar-refractivity contribution in [1.82, 2.24) is 0 Å². The highest BCUT2D eigenvalue weighted by molar-refractivity contribution is 6.34. The Kier molecular flexibility index (Phi) is 4.79. The Hall–Kier alpha value is -1.95. The molecule has 98 valence electrons. The van der Waals surface area contributed by atoms with Crippen molar-refractivity contribution in [2.24, 2.45) is 10.9 Å². The third kappa shape index (κ3) is 3.81. The van der Waals surface area contributed by atoms with E-state index in [1.165, 1.54) is 12.1 Å². The summed E-state index contributed by atoms with van der Waals surface area (Å²) >= 11 is 5.95. The number of hydrogen-bond acceptors (Lipinski definition) is 4. The highest BCUT2D eigenvalue weighted by Gasteiger charge is 2.10. The van der Waals surface area contributed by atoms with Crippen molar-refractivity contribution in [3.05, 3.63) is 28.8 Å². The van der Waals surface area contributed by atoms with Crippen LogP contribution in [0.5, 0.6) is 0 Å². The lowest BCUT2D eigenvalue weighted by atomic mass is 10.2. The van der Waals surface area contributed by atoms with Crippen molar-refractivity contribution in [1.29, 1.82) is 0 Å². The van der Waals surface area contributed by atoms with E-state index in [2.05, 4.69) is 10.5 Å². The normalized spacial score (nSPS) is 11.4. The number of amides is 1. The molecule has 0 atom stereocenters. The van der Waals surface area contributed by atoms with Gasteiger partial charge in [-0.2, -0.15) is 0 Å². The molecule has 18 heavy (non-hydrogen) atoms. The molecule has 4 N–H and O–H groups in total.